The molecular weight excluding hydrogens is 316 g/mol. The van der Waals surface area contributed by atoms with Crippen molar-refractivity contribution < 1.29 is 9.53 Å². The lowest BCUT2D eigenvalue weighted by Gasteiger charge is -2.41. The molecule has 0 N–H and O–H groups in total. The summed E-state index contributed by atoms with van der Waals surface area (Å²) >= 11 is 0. The number of amides is 1. The highest BCUT2D eigenvalue weighted by atomic mass is 16.5. The highest BCUT2D eigenvalue weighted by Gasteiger charge is 2.47. The van der Waals surface area contributed by atoms with Crippen molar-refractivity contribution in [2.75, 3.05) is 33.3 Å². The third-order valence-corrected chi connectivity index (χ3v) is 6.14. The monoisotopic (exact) mass is 346 g/mol. The minimum absolute atomic E-state index is 0.139. The van der Waals surface area contributed by atoms with Crippen LogP contribution in [-0.4, -0.2) is 70.9 Å². The number of hydrogen-bond donors (Lipinski definition) is 0. The summed E-state index contributed by atoms with van der Waals surface area (Å²) in [4.78, 5) is 17.9. The zero-order valence-electron chi connectivity index (χ0n) is 15.6. The number of carbonyl (C=O) groups excluding carboxylic acids is 1. The first-order valence-corrected chi connectivity index (χ1v) is 9.71. The SMILES string of the molecule is CCn1nc(C)cc1C(=O)N1CC[C@H](OC)[C@H]2CN(CC3CC3)C[C@H]21. The summed E-state index contributed by atoms with van der Waals surface area (Å²) in [6.45, 7) is 8.75. The number of ether oxygens (including phenoxy) is 1. The van der Waals surface area contributed by atoms with Crippen LogP contribution in [0, 0.1) is 18.8 Å². The number of likely N-dealkylation sites (tertiary alicyclic amines) is 2. The first-order chi connectivity index (χ1) is 12.1. The van der Waals surface area contributed by atoms with Gasteiger partial charge in [-0.2, -0.15) is 5.10 Å². The van der Waals surface area contributed by atoms with Crippen molar-refractivity contribution in [3.63, 3.8) is 0 Å². The van der Waals surface area contributed by atoms with Crippen molar-refractivity contribution in [2.24, 2.45) is 11.8 Å². The second-order valence-electron chi connectivity index (χ2n) is 7.94. The van der Waals surface area contributed by atoms with Gasteiger partial charge in [0.15, 0.2) is 0 Å². The van der Waals surface area contributed by atoms with Gasteiger partial charge < -0.3 is 14.5 Å². The third kappa shape index (κ3) is 3.22. The molecule has 1 aromatic rings. The molecule has 1 aromatic heterocycles. The molecule has 0 radical (unpaired) electrons. The van der Waals surface area contributed by atoms with Gasteiger partial charge in [0.1, 0.15) is 5.69 Å². The van der Waals surface area contributed by atoms with Crippen LogP contribution in [-0.2, 0) is 11.3 Å². The van der Waals surface area contributed by atoms with E-state index in [4.69, 9.17) is 4.74 Å². The number of piperidine rings is 1. The molecule has 1 amide bonds. The van der Waals surface area contributed by atoms with Crippen molar-refractivity contribution >= 4 is 5.91 Å². The van der Waals surface area contributed by atoms with Crippen LogP contribution < -0.4 is 0 Å². The Morgan fingerprint density at radius 2 is 2.12 bits per heavy atom. The van der Waals surface area contributed by atoms with E-state index in [1.165, 1.54) is 19.4 Å². The minimum atomic E-state index is 0.139. The van der Waals surface area contributed by atoms with Crippen LogP contribution in [0.3, 0.4) is 0 Å². The Morgan fingerprint density at radius 3 is 2.80 bits per heavy atom. The Kier molecular flexibility index (Phi) is 4.58. The normalized spacial score (nSPS) is 29.9. The topological polar surface area (TPSA) is 50.6 Å². The second-order valence-corrected chi connectivity index (χ2v) is 7.94. The fourth-order valence-corrected chi connectivity index (χ4v) is 4.70. The maximum atomic E-state index is 13.3. The number of fused-ring (bicyclic) bond motifs is 1. The molecule has 0 spiro atoms. The molecule has 0 bridgehead atoms. The quantitative estimate of drug-likeness (QED) is 0.816. The van der Waals surface area contributed by atoms with E-state index in [1.54, 1.807) is 0 Å². The highest BCUT2D eigenvalue weighted by Crippen LogP contribution is 2.36. The van der Waals surface area contributed by atoms with Gasteiger partial charge in [-0.15, -0.1) is 0 Å². The van der Waals surface area contributed by atoms with Crippen LogP contribution in [0.5, 0.6) is 0 Å². The van der Waals surface area contributed by atoms with Gasteiger partial charge in [0.05, 0.1) is 17.8 Å². The Morgan fingerprint density at radius 1 is 1.32 bits per heavy atom. The first-order valence-electron chi connectivity index (χ1n) is 9.71. The molecular formula is C19H30N4O2. The number of carbonyl (C=O) groups is 1. The van der Waals surface area contributed by atoms with Gasteiger partial charge in [0, 0.05) is 45.8 Å². The number of aromatic nitrogens is 2. The summed E-state index contributed by atoms with van der Waals surface area (Å²) in [5.74, 6) is 1.45. The molecule has 6 heteroatoms. The Bertz CT molecular complexity index is 639. The zero-order valence-corrected chi connectivity index (χ0v) is 15.6. The molecule has 1 aliphatic carbocycles. The van der Waals surface area contributed by atoms with Crippen LogP contribution in [0.15, 0.2) is 6.07 Å². The minimum Gasteiger partial charge on any atom is -0.381 e. The maximum absolute atomic E-state index is 13.3. The molecule has 3 fully saturated rings. The summed E-state index contributed by atoms with van der Waals surface area (Å²) in [7, 11) is 1.82. The summed E-state index contributed by atoms with van der Waals surface area (Å²) in [6.07, 6.45) is 3.95. The number of nitrogens with zero attached hydrogens (tertiary/aromatic N) is 4. The lowest BCUT2D eigenvalue weighted by molar-refractivity contribution is -0.0160. The fraction of sp³-hybridized carbons (Fsp3) is 0.789. The lowest BCUT2D eigenvalue weighted by Crippen LogP contribution is -2.53. The molecule has 0 aromatic carbocycles. The van der Waals surface area contributed by atoms with E-state index in [1.807, 2.05) is 31.7 Å². The van der Waals surface area contributed by atoms with Gasteiger partial charge in [-0.05, 0) is 45.1 Å². The van der Waals surface area contributed by atoms with Crippen molar-refractivity contribution in [2.45, 2.75) is 51.8 Å². The number of methoxy groups -OCH3 is 1. The van der Waals surface area contributed by atoms with E-state index in [9.17, 15) is 4.79 Å². The third-order valence-electron chi connectivity index (χ3n) is 6.14. The molecule has 0 unspecified atom stereocenters. The van der Waals surface area contributed by atoms with E-state index in [-0.39, 0.29) is 18.1 Å². The van der Waals surface area contributed by atoms with Gasteiger partial charge in [-0.3, -0.25) is 9.48 Å². The van der Waals surface area contributed by atoms with E-state index < -0.39 is 0 Å². The summed E-state index contributed by atoms with van der Waals surface area (Å²) < 4.78 is 7.61. The van der Waals surface area contributed by atoms with Gasteiger partial charge in [-0.1, -0.05) is 0 Å². The summed E-state index contributed by atoms with van der Waals surface area (Å²) in [5.41, 5.74) is 1.64. The Labute approximate surface area is 150 Å². The van der Waals surface area contributed by atoms with Gasteiger partial charge in [-0.25, -0.2) is 0 Å². The Balaban J connectivity index is 1.55. The van der Waals surface area contributed by atoms with Crippen LogP contribution in [0.1, 0.15) is 42.4 Å². The smallest absolute Gasteiger partial charge is 0.272 e. The molecule has 3 atom stereocenters. The van der Waals surface area contributed by atoms with Crippen LogP contribution in [0.25, 0.3) is 0 Å². The van der Waals surface area contributed by atoms with Gasteiger partial charge in [0.25, 0.3) is 5.91 Å². The second kappa shape index (κ2) is 6.72. The molecule has 1 saturated carbocycles. The molecule has 2 aliphatic heterocycles. The summed E-state index contributed by atoms with van der Waals surface area (Å²) in [6, 6.07) is 2.20. The van der Waals surface area contributed by atoms with E-state index in [0.717, 1.165) is 49.9 Å². The van der Waals surface area contributed by atoms with E-state index in [2.05, 4.69) is 14.9 Å². The zero-order chi connectivity index (χ0) is 17.6. The number of hydrogen-bond acceptors (Lipinski definition) is 4. The average Bonchev–Trinajstić information content (AvgIpc) is 3.18. The fourth-order valence-electron chi connectivity index (χ4n) is 4.70. The number of rotatable bonds is 5. The van der Waals surface area contributed by atoms with E-state index in [0.29, 0.717) is 5.92 Å². The largest absolute Gasteiger partial charge is 0.381 e. The molecule has 3 aliphatic rings. The highest BCUT2D eigenvalue weighted by molar-refractivity contribution is 5.93. The van der Waals surface area contributed by atoms with Crippen molar-refractivity contribution in [1.29, 1.82) is 0 Å². The average molecular weight is 346 g/mol. The van der Waals surface area contributed by atoms with Gasteiger partial charge in [0.2, 0.25) is 0 Å². The van der Waals surface area contributed by atoms with E-state index >= 15 is 0 Å². The first kappa shape index (κ1) is 17.0. The van der Waals surface area contributed by atoms with Crippen molar-refractivity contribution in [1.82, 2.24) is 19.6 Å². The lowest BCUT2D eigenvalue weighted by atomic mass is 9.88. The van der Waals surface area contributed by atoms with Crippen LogP contribution in [0.4, 0.5) is 0 Å². The maximum Gasteiger partial charge on any atom is 0.272 e. The van der Waals surface area contributed by atoms with Crippen LogP contribution in [0.2, 0.25) is 0 Å². The van der Waals surface area contributed by atoms with Gasteiger partial charge >= 0.3 is 0 Å². The number of aryl methyl sites for hydroxylation is 2. The standard InChI is InChI=1S/C19H30N4O2/c1-4-23-16(9-13(2)20-23)19(24)22-8-7-18(25-3)15-11-21(12-17(15)22)10-14-5-6-14/h9,14-15,17-18H,4-8,10-12H2,1-3H3/t15-,17+,18-/m0/s1. The molecule has 3 heterocycles. The Hall–Kier alpha value is -1.40. The van der Waals surface area contributed by atoms with Crippen molar-refractivity contribution in [3.05, 3.63) is 17.5 Å². The molecule has 6 nitrogen and oxygen atoms in total. The van der Waals surface area contributed by atoms with Crippen LogP contribution >= 0.6 is 0 Å². The predicted octanol–water partition coefficient (Wildman–Crippen LogP) is 1.78. The predicted molar refractivity (Wildman–Crippen MR) is 95.5 cm³/mol. The molecule has 25 heavy (non-hydrogen) atoms. The molecule has 4 rings (SSSR count). The molecule has 138 valence electrons. The van der Waals surface area contributed by atoms with Crippen molar-refractivity contribution in [3.8, 4) is 0 Å². The summed E-state index contributed by atoms with van der Waals surface area (Å²) in [5, 5.41) is 4.46. The molecule has 2 saturated heterocycles.